The first-order valence-corrected chi connectivity index (χ1v) is 13.2. The van der Waals surface area contributed by atoms with Gasteiger partial charge in [-0.3, -0.25) is 9.55 Å². The summed E-state index contributed by atoms with van der Waals surface area (Å²) >= 11 is 1.28. The van der Waals surface area contributed by atoms with Crippen molar-refractivity contribution in [1.82, 2.24) is 9.55 Å². The summed E-state index contributed by atoms with van der Waals surface area (Å²) in [5.74, 6) is -0.625. The smallest absolute Gasteiger partial charge is 0.348 e. The molecule has 0 amide bonds. The zero-order valence-electron chi connectivity index (χ0n) is 21.4. The van der Waals surface area contributed by atoms with Crippen LogP contribution in [-0.2, 0) is 28.1 Å². The molecule has 0 saturated carbocycles. The quantitative estimate of drug-likeness (QED) is 0.217. The van der Waals surface area contributed by atoms with Crippen LogP contribution in [0.15, 0.2) is 41.2 Å². The molecule has 0 spiro atoms. The van der Waals surface area contributed by atoms with Crippen LogP contribution in [0.4, 0.5) is 0 Å². The molecule has 0 saturated heterocycles. The number of nitrogens with zero attached hydrogens (tertiary/aromatic N) is 1. The van der Waals surface area contributed by atoms with Crippen LogP contribution >= 0.6 is 11.3 Å². The first kappa shape index (κ1) is 27.7. The van der Waals surface area contributed by atoms with Crippen molar-refractivity contribution in [3.05, 3.63) is 67.9 Å². The Balaban J connectivity index is 1.71. The van der Waals surface area contributed by atoms with Gasteiger partial charge in [-0.2, -0.15) is 0 Å². The molecule has 0 aliphatic carbocycles. The van der Waals surface area contributed by atoms with Crippen LogP contribution in [0.25, 0.3) is 5.69 Å². The lowest BCUT2D eigenvalue weighted by atomic mass is 9.77. The molecule has 0 bridgehead atoms. The van der Waals surface area contributed by atoms with Gasteiger partial charge in [-0.05, 0) is 43.2 Å². The third kappa shape index (κ3) is 6.46. The van der Waals surface area contributed by atoms with Crippen molar-refractivity contribution in [1.29, 1.82) is 0 Å². The number of carbonyl (C=O) groups excluding carboxylic acids is 1. The number of thiophene rings is 1. The number of unbranched alkanes of at least 4 members (excludes halogenated alkanes) is 2. The normalized spacial score (nSPS) is 12.6. The highest BCUT2D eigenvalue weighted by molar-refractivity contribution is 7.13. The number of rotatable bonds is 13. The van der Waals surface area contributed by atoms with Gasteiger partial charge in [-0.25, -0.2) is 9.59 Å². The van der Waals surface area contributed by atoms with Crippen LogP contribution in [0.2, 0.25) is 0 Å². The van der Waals surface area contributed by atoms with Crippen LogP contribution in [0.3, 0.4) is 0 Å². The van der Waals surface area contributed by atoms with Gasteiger partial charge in [0.15, 0.2) is 0 Å². The third-order valence-electron chi connectivity index (χ3n) is 6.38. The fourth-order valence-electron chi connectivity index (χ4n) is 4.06. The number of esters is 1. The van der Waals surface area contributed by atoms with E-state index in [9.17, 15) is 19.8 Å². The lowest BCUT2D eigenvalue weighted by Gasteiger charge is -2.31. The molecule has 1 aromatic carbocycles. The Morgan fingerprint density at radius 3 is 2.50 bits per heavy atom. The van der Waals surface area contributed by atoms with Crippen LogP contribution in [0.5, 0.6) is 5.88 Å². The molecule has 2 aromatic heterocycles. The summed E-state index contributed by atoms with van der Waals surface area (Å²) in [6.07, 6.45) is 3.44. The lowest BCUT2D eigenvalue weighted by Crippen LogP contribution is -2.33. The Kier molecular flexibility index (Phi) is 9.53. The van der Waals surface area contributed by atoms with E-state index in [0.717, 1.165) is 36.1 Å². The van der Waals surface area contributed by atoms with Crippen molar-refractivity contribution in [2.45, 2.75) is 78.1 Å². The molecule has 3 aromatic rings. The number of aromatic hydroxyl groups is 1. The van der Waals surface area contributed by atoms with Crippen LogP contribution < -0.4 is 5.69 Å². The molecule has 9 heteroatoms. The molecule has 3 rings (SSSR count). The minimum absolute atomic E-state index is 0.0133. The van der Waals surface area contributed by atoms with Crippen molar-refractivity contribution >= 4 is 17.3 Å². The number of aromatic amines is 1. The van der Waals surface area contributed by atoms with Gasteiger partial charge < -0.3 is 19.7 Å². The van der Waals surface area contributed by atoms with E-state index in [4.69, 9.17) is 9.47 Å². The summed E-state index contributed by atoms with van der Waals surface area (Å²) < 4.78 is 12.1. The maximum atomic E-state index is 12.6. The standard InChI is InChI=1S/C27H36N2O6S/c1-5-7-8-9-23(30)27(3,4)18-10-12-19(13-11-18)29-21(24(31)28-26(29)33)17-34-16-20-14-15-22(36-20)25(32)35-6-2/h10-15,23,30-31H,5-9,16-17H2,1-4H3,(H,28,33). The molecular formula is C27H36N2O6S. The zero-order valence-corrected chi connectivity index (χ0v) is 22.2. The summed E-state index contributed by atoms with van der Waals surface area (Å²) in [5, 5.41) is 21.1. The fraction of sp³-hybridized carbons (Fsp3) is 0.481. The molecule has 0 radical (unpaired) electrons. The van der Waals surface area contributed by atoms with E-state index in [1.54, 1.807) is 31.2 Å². The van der Waals surface area contributed by atoms with E-state index < -0.39 is 17.2 Å². The van der Waals surface area contributed by atoms with Crippen molar-refractivity contribution < 1.29 is 24.5 Å². The maximum absolute atomic E-state index is 12.6. The maximum Gasteiger partial charge on any atom is 0.348 e. The number of nitrogens with one attached hydrogen (secondary N) is 1. The predicted octanol–water partition coefficient (Wildman–Crippen LogP) is 5.05. The Hall–Kier alpha value is -2.88. The van der Waals surface area contributed by atoms with Gasteiger partial charge in [0.2, 0.25) is 5.88 Å². The average Bonchev–Trinajstić information content (AvgIpc) is 3.43. The van der Waals surface area contributed by atoms with Crippen molar-refractivity contribution in [3.8, 4) is 11.6 Å². The molecule has 1 atom stereocenters. The highest BCUT2D eigenvalue weighted by Crippen LogP contribution is 2.31. The molecule has 1 unspecified atom stereocenters. The minimum Gasteiger partial charge on any atom is -0.493 e. The summed E-state index contributed by atoms with van der Waals surface area (Å²) in [6, 6.07) is 10.9. The Morgan fingerprint density at radius 2 is 1.83 bits per heavy atom. The number of aliphatic hydroxyl groups excluding tert-OH is 1. The molecule has 196 valence electrons. The Morgan fingerprint density at radius 1 is 1.11 bits per heavy atom. The van der Waals surface area contributed by atoms with E-state index >= 15 is 0 Å². The van der Waals surface area contributed by atoms with Crippen LogP contribution in [-0.4, -0.2) is 38.4 Å². The van der Waals surface area contributed by atoms with Crippen molar-refractivity contribution in [2.75, 3.05) is 6.61 Å². The predicted molar refractivity (Wildman–Crippen MR) is 140 cm³/mol. The number of H-pyrrole nitrogens is 1. The number of carbonyl (C=O) groups is 1. The summed E-state index contributed by atoms with van der Waals surface area (Å²) in [5.41, 5.74) is 0.936. The van der Waals surface area contributed by atoms with Crippen molar-refractivity contribution in [2.24, 2.45) is 0 Å². The van der Waals surface area contributed by atoms with Gasteiger partial charge >= 0.3 is 11.7 Å². The first-order valence-electron chi connectivity index (χ1n) is 12.3. The SMILES string of the molecule is CCCCCC(O)C(C)(C)c1ccc(-n2c(COCc3ccc(C(=O)OCC)s3)c(O)[nH]c2=O)cc1. The lowest BCUT2D eigenvalue weighted by molar-refractivity contribution is 0.0532. The molecule has 8 nitrogen and oxygen atoms in total. The molecule has 36 heavy (non-hydrogen) atoms. The molecule has 0 aliphatic rings. The summed E-state index contributed by atoms with van der Waals surface area (Å²) in [7, 11) is 0. The third-order valence-corrected chi connectivity index (χ3v) is 7.42. The first-order chi connectivity index (χ1) is 17.2. The Labute approximate surface area is 215 Å². The van der Waals surface area contributed by atoms with Crippen molar-refractivity contribution in [3.63, 3.8) is 0 Å². The minimum atomic E-state index is -0.474. The highest BCUT2D eigenvalue weighted by atomic mass is 32.1. The highest BCUT2D eigenvalue weighted by Gasteiger charge is 2.29. The van der Waals surface area contributed by atoms with Gasteiger partial charge in [0.1, 0.15) is 10.6 Å². The van der Waals surface area contributed by atoms with Crippen LogP contribution in [0.1, 0.15) is 79.2 Å². The van der Waals surface area contributed by atoms with Gasteiger partial charge in [0.05, 0.1) is 31.6 Å². The summed E-state index contributed by atoms with van der Waals surface area (Å²) in [4.78, 5) is 28.2. The molecule has 0 fully saturated rings. The number of ether oxygens (including phenoxy) is 2. The van der Waals surface area contributed by atoms with E-state index in [-0.39, 0.29) is 25.1 Å². The second-order valence-electron chi connectivity index (χ2n) is 9.32. The number of imidazole rings is 1. The second kappa shape index (κ2) is 12.4. The molecule has 3 N–H and O–H groups in total. The number of benzene rings is 1. The number of hydrogen-bond donors (Lipinski definition) is 3. The van der Waals surface area contributed by atoms with Crippen LogP contribution in [0, 0.1) is 0 Å². The van der Waals surface area contributed by atoms with E-state index in [2.05, 4.69) is 11.9 Å². The number of hydrogen-bond acceptors (Lipinski definition) is 7. The molecular weight excluding hydrogens is 480 g/mol. The largest absolute Gasteiger partial charge is 0.493 e. The average molecular weight is 517 g/mol. The van der Waals surface area contributed by atoms with E-state index in [1.807, 2.05) is 26.0 Å². The monoisotopic (exact) mass is 516 g/mol. The van der Waals surface area contributed by atoms with E-state index in [0.29, 0.717) is 22.9 Å². The zero-order chi connectivity index (χ0) is 26.3. The Bertz CT molecular complexity index is 1190. The van der Waals surface area contributed by atoms with Gasteiger partial charge in [-0.1, -0.05) is 52.2 Å². The topological polar surface area (TPSA) is 114 Å². The van der Waals surface area contributed by atoms with E-state index in [1.165, 1.54) is 15.9 Å². The number of aliphatic hydroxyl groups is 1. The summed E-state index contributed by atoms with van der Waals surface area (Å²) in [6.45, 7) is 8.44. The molecule has 2 heterocycles. The fourth-order valence-corrected chi connectivity index (χ4v) is 4.90. The molecule has 0 aliphatic heterocycles. The van der Waals surface area contributed by atoms with Gasteiger partial charge in [-0.15, -0.1) is 11.3 Å². The second-order valence-corrected chi connectivity index (χ2v) is 10.5. The number of aromatic nitrogens is 2. The van der Waals surface area contributed by atoms with Gasteiger partial charge in [0.25, 0.3) is 0 Å². The van der Waals surface area contributed by atoms with Gasteiger partial charge in [0, 0.05) is 10.3 Å².